The molecule has 0 spiro atoms. The van der Waals surface area contributed by atoms with Crippen molar-refractivity contribution in [3.8, 4) is 0 Å². The number of carboxylic acid groups (broad SMARTS) is 1. The Labute approximate surface area is 161 Å². The normalized spacial score (nSPS) is 17.9. The van der Waals surface area contributed by atoms with Gasteiger partial charge < -0.3 is 20.1 Å². The van der Waals surface area contributed by atoms with Crippen LogP contribution in [0.25, 0.3) is 0 Å². The van der Waals surface area contributed by atoms with E-state index in [1.807, 2.05) is 30.3 Å². The Hall–Kier alpha value is -2.08. The third-order valence-corrected chi connectivity index (χ3v) is 4.84. The molecule has 1 aromatic carbocycles. The zero-order valence-corrected chi connectivity index (χ0v) is 16.4. The number of carbonyl (C=O) groups is 2. The molecule has 2 unspecified atom stereocenters. The molecule has 0 saturated carbocycles. The van der Waals surface area contributed by atoms with Gasteiger partial charge in [-0.25, -0.2) is 4.79 Å². The van der Waals surface area contributed by atoms with Crippen LogP contribution in [0.4, 0.5) is 4.79 Å². The lowest BCUT2D eigenvalue weighted by Crippen LogP contribution is -2.45. The molecule has 1 aromatic rings. The maximum absolute atomic E-state index is 12.6. The predicted octanol–water partition coefficient (Wildman–Crippen LogP) is 3.31. The Bertz CT molecular complexity index is 591. The summed E-state index contributed by atoms with van der Waals surface area (Å²) in [4.78, 5) is 25.4. The second-order valence-corrected chi connectivity index (χ2v) is 7.68. The van der Waals surface area contributed by atoms with Crippen molar-refractivity contribution in [1.82, 2.24) is 10.2 Å². The summed E-state index contributed by atoms with van der Waals surface area (Å²) in [7, 11) is 0. The first-order chi connectivity index (χ1) is 12.9. The van der Waals surface area contributed by atoms with Gasteiger partial charge in [-0.3, -0.25) is 4.79 Å². The predicted molar refractivity (Wildman–Crippen MR) is 105 cm³/mol. The van der Waals surface area contributed by atoms with Gasteiger partial charge in [0.1, 0.15) is 0 Å². The molecule has 1 saturated heterocycles. The van der Waals surface area contributed by atoms with Gasteiger partial charge >= 0.3 is 12.0 Å². The van der Waals surface area contributed by atoms with Crippen molar-refractivity contribution < 1.29 is 19.4 Å². The molecule has 1 aliphatic heterocycles. The van der Waals surface area contributed by atoms with Gasteiger partial charge in [-0.2, -0.15) is 0 Å². The molecular formula is C21H32N2O4. The average Bonchev–Trinajstić information content (AvgIpc) is 3.09. The number of benzene rings is 1. The maximum atomic E-state index is 12.6. The first kappa shape index (κ1) is 21.2. The summed E-state index contributed by atoms with van der Waals surface area (Å²) in [5.41, 5.74) is 1.09. The Kier molecular flexibility index (Phi) is 8.58. The van der Waals surface area contributed by atoms with E-state index in [2.05, 4.69) is 19.2 Å². The number of hydrogen-bond donors (Lipinski definition) is 2. The minimum Gasteiger partial charge on any atom is -0.481 e. The minimum absolute atomic E-state index is 0.0404. The van der Waals surface area contributed by atoms with Crippen LogP contribution in [0.3, 0.4) is 0 Å². The van der Waals surface area contributed by atoms with E-state index < -0.39 is 5.97 Å². The average molecular weight is 376 g/mol. The molecule has 2 rings (SSSR count). The van der Waals surface area contributed by atoms with E-state index in [9.17, 15) is 9.59 Å². The van der Waals surface area contributed by atoms with E-state index in [4.69, 9.17) is 9.84 Å². The molecule has 2 N–H and O–H groups in total. The molecule has 150 valence electrons. The standard InChI is InChI=1S/C21H32N2O4/c1-16(2)11-13-27-19-10-12-23(15-19)21(26)22-18(8-9-20(24)25)14-17-6-4-3-5-7-17/h3-7,16,18-19H,8-15H2,1-2H3,(H,22,26)(H,24,25). The van der Waals surface area contributed by atoms with Crippen molar-refractivity contribution in [3.63, 3.8) is 0 Å². The van der Waals surface area contributed by atoms with Crippen LogP contribution in [0, 0.1) is 5.92 Å². The van der Waals surface area contributed by atoms with Crippen LogP contribution in [-0.4, -0.2) is 53.8 Å². The van der Waals surface area contributed by atoms with Crippen LogP contribution >= 0.6 is 0 Å². The van der Waals surface area contributed by atoms with Crippen molar-refractivity contribution in [2.45, 2.75) is 58.1 Å². The number of ether oxygens (including phenoxy) is 1. The second kappa shape index (κ2) is 10.9. The fourth-order valence-electron chi connectivity index (χ4n) is 3.21. The third-order valence-electron chi connectivity index (χ3n) is 4.84. The first-order valence-corrected chi connectivity index (χ1v) is 9.86. The highest BCUT2D eigenvalue weighted by atomic mass is 16.5. The summed E-state index contributed by atoms with van der Waals surface area (Å²) in [5.74, 6) is -0.235. The molecule has 27 heavy (non-hydrogen) atoms. The number of hydrogen-bond acceptors (Lipinski definition) is 3. The van der Waals surface area contributed by atoms with E-state index in [0.717, 1.165) is 25.0 Å². The highest BCUT2D eigenvalue weighted by molar-refractivity contribution is 5.75. The van der Waals surface area contributed by atoms with Crippen molar-refractivity contribution >= 4 is 12.0 Å². The van der Waals surface area contributed by atoms with Gasteiger partial charge in [0.2, 0.25) is 0 Å². The van der Waals surface area contributed by atoms with Gasteiger partial charge in [0.25, 0.3) is 0 Å². The van der Waals surface area contributed by atoms with Crippen LogP contribution < -0.4 is 5.32 Å². The molecule has 0 radical (unpaired) electrons. The lowest BCUT2D eigenvalue weighted by Gasteiger charge is -2.23. The summed E-state index contributed by atoms with van der Waals surface area (Å²) in [6.07, 6.45) is 3.06. The summed E-state index contributed by atoms with van der Waals surface area (Å²) < 4.78 is 5.87. The summed E-state index contributed by atoms with van der Waals surface area (Å²) in [6.45, 7) is 6.34. The van der Waals surface area contributed by atoms with E-state index in [0.29, 0.717) is 31.8 Å². The molecule has 2 atom stereocenters. The molecule has 1 heterocycles. The number of carboxylic acids is 1. The number of nitrogens with zero attached hydrogens (tertiary/aromatic N) is 1. The molecule has 2 amide bonds. The number of aliphatic carboxylic acids is 1. The van der Waals surface area contributed by atoms with Crippen LogP contribution in [0.1, 0.15) is 45.1 Å². The molecule has 0 aliphatic carbocycles. The molecule has 0 bridgehead atoms. The quantitative estimate of drug-likeness (QED) is 0.657. The van der Waals surface area contributed by atoms with Gasteiger partial charge in [-0.05, 0) is 37.2 Å². The Morgan fingerprint density at radius 3 is 2.67 bits per heavy atom. The molecule has 6 heteroatoms. The molecule has 1 fully saturated rings. The van der Waals surface area contributed by atoms with Crippen molar-refractivity contribution in [2.75, 3.05) is 19.7 Å². The van der Waals surface area contributed by atoms with Gasteiger partial charge in [-0.1, -0.05) is 44.2 Å². The minimum atomic E-state index is -0.845. The Balaban J connectivity index is 1.84. The number of rotatable bonds is 10. The van der Waals surface area contributed by atoms with Crippen molar-refractivity contribution in [2.24, 2.45) is 5.92 Å². The highest BCUT2D eigenvalue weighted by Gasteiger charge is 2.28. The van der Waals surface area contributed by atoms with E-state index in [1.54, 1.807) is 4.90 Å². The SMILES string of the molecule is CC(C)CCOC1CCN(C(=O)NC(CCC(=O)O)Cc2ccccc2)C1. The van der Waals surface area contributed by atoms with Gasteiger partial charge in [0.15, 0.2) is 0 Å². The summed E-state index contributed by atoms with van der Waals surface area (Å²) >= 11 is 0. The van der Waals surface area contributed by atoms with Gasteiger partial charge in [0.05, 0.1) is 6.10 Å². The third kappa shape index (κ3) is 7.99. The number of carbonyl (C=O) groups excluding carboxylic acids is 1. The zero-order chi connectivity index (χ0) is 19.6. The van der Waals surface area contributed by atoms with Crippen LogP contribution in [0.15, 0.2) is 30.3 Å². The summed E-state index contributed by atoms with van der Waals surface area (Å²) in [6, 6.07) is 9.50. The smallest absolute Gasteiger partial charge is 0.317 e. The number of likely N-dealkylation sites (tertiary alicyclic amines) is 1. The molecule has 6 nitrogen and oxygen atoms in total. The van der Waals surface area contributed by atoms with Crippen LogP contribution in [0.5, 0.6) is 0 Å². The number of urea groups is 1. The number of amides is 2. The second-order valence-electron chi connectivity index (χ2n) is 7.68. The molecular weight excluding hydrogens is 344 g/mol. The number of nitrogens with one attached hydrogen (secondary N) is 1. The lowest BCUT2D eigenvalue weighted by atomic mass is 10.0. The van der Waals surface area contributed by atoms with E-state index in [-0.39, 0.29) is 24.6 Å². The van der Waals surface area contributed by atoms with E-state index in [1.165, 1.54) is 0 Å². The maximum Gasteiger partial charge on any atom is 0.317 e. The Morgan fingerprint density at radius 2 is 2.00 bits per heavy atom. The topological polar surface area (TPSA) is 78.9 Å². The highest BCUT2D eigenvalue weighted by Crippen LogP contribution is 2.15. The van der Waals surface area contributed by atoms with Gasteiger partial charge in [-0.15, -0.1) is 0 Å². The molecule has 0 aromatic heterocycles. The van der Waals surface area contributed by atoms with Crippen molar-refractivity contribution in [1.29, 1.82) is 0 Å². The van der Waals surface area contributed by atoms with Crippen molar-refractivity contribution in [3.05, 3.63) is 35.9 Å². The summed E-state index contributed by atoms with van der Waals surface area (Å²) in [5, 5.41) is 12.0. The fourth-order valence-corrected chi connectivity index (χ4v) is 3.21. The lowest BCUT2D eigenvalue weighted by molar-refractivity contribution is -0.137. The van der Waals surface area contributed by atoms with Crippen LogP contribution in [0.2, 0.25) is 0 Å². The Morgan fingerprint density at radius 1 is 1.26 bits per heavy atom. The van der Waals surface area contributed by atoms with E-state index >= 15 is 0 Å². The first-order valence-electron chi connectivity index (χ1n) is 9.86. The monoisotopic (exact) mass is 376 g/mol. The van der Waals surface area contributed by atoms with Gasteiger partial charge in [0, 0.05) is 32.2 Å². The van der Waals surface area contributed by atoms with Crippen LogP contribution in [-0.2, 0) is 16.0 Å². The zero-order valence-electron chi connectivity index (χ0n) is 16.4. The largest absolute Gasteiger partial charge is 0.481 e. The fraction of sp³-hybridized carbons (Fsp3) is 0.619. The molecule has 1 aliphatic rings.